The molecule has 0 saturated carbocycles. The fourth-order valence-electron chi connectivity index (χ4n) is 3.05. The van der Waals surface area contributed by atoms with E-state index in [1.54, 1.807) is 17.0 Å². The summed E-state index contributed by atoms with van der Waals surface area (Å²) in [6.07, 6.45) is 3.83. The van der Waals surface area contributed by atoms with E-state index in [1.165, 1.54) is 23.5 Å². The standard InChI is InChI=1S/C20H21N3O4S/c1-13-4-6-16(27-13)11-22-23-18(17-7-5-14(24)9-19(17)25)12-28-20(23)21-10-15-3-2-8-26-15/h4-7,9,11-12,15,24-25H,2-3,8,10H2,1H3/b21-20?,22-11+. The summed E-state index contributed by atoms with van der Waals surface area (Å²) in [6.45, 7) is 3.22. The third-order valence-electron chi connectivity index (χ3n) is 4.46. The minimum Gasteiger partial charge on any atom is -0.508 e. The van der Waals surface area contributed by atoms with Gasteiger partial charge in [-0.1, -0.05) is 0 Å². The molecule has 1 aliphatic heterocycles. The summed E-state index contributed by atoms with van der Waals surface area (Å²) in [5.74, 6) is 1.40. The van der Waals surface area contributed by atoms with Crippen molar-refractivity contribution in [2.45, 2.75) is 25.9 Å². The second-order valence-corrected chi connectivity index (χ2v) is 7.42. The van der Waals surface area contributed by atoms with E-state index in [2.05, 4.69) is 10.1 Å². The third kappa shape index (κ3) is 4.02. The smallest absolute Gasteiger partial charge is 0.206 e. The summed E-state index contributed by atoms with van der Waals surface area (Å²) in [5.41, 5.74) is 1.23. The first-order chi connectivity index (χ1) is 13.6. The molecule has 2 aromatic heterocycles. The maximum Gasteiger partial charge on any atom is 0.206 e. The number of phenolic OH excluding ortho intramolecular Hbond substituents is 2. The molecule has 1 aliphatic rings. The Balaban J connectivity index is 1.74. The van der Waals surface area contributed by atoms with Crippen molar-refractivity contribution in [1.82, 2.24) is 4.68 Å². The fourth-order valence-corrected chi connectivity index (χ4v) is 3.89. The van der Waals surface area contributed by atoms with Crippen LogP contribution < -0.4 is 4.80 Å². The van der Waals surface area contributed by atoms with Crippen LogP contribution in [0.3, 0.4) is 0 Å². The van der Waals surface area contributed by atoms with Gasteiger partial charge < -0.3 is 19.4 Å². The van der Waals surface area contributed by atoms with Gasteiger partial charge in [-0.15, -0.1) is 11.3 Å². The average Bonchev–Trinajstić information content (AvgIpc) is 3.39. The number of hydrogen-bond donors (Lipinski definition) is 2. The van der Waals surface area contributed by atoms with Crippen LogP contribution in [0.1, 0.15) is 24.4 Å². The van der Waals surface area contributed by atoms with E-state index in [1.807, 2.05) is 24.4 Å². The summed E-state index contributed by atoms with van der Waals surface area (Å²) in [6, 6.07) is 8.20. The first-order valence-corrected chi connectivity index (χ1v) is 9.94. The lowest BCUT2D eigenvalue weighted by molar-refractivity contribution is 0.117. The number of aryl methyl sites for hydroxylation is 1. The molecule has 0 radical (unpaired) electrons. The van der Waals surface area contributed by atoms with Gasteiger partial charge in [0.15, 0.2) is 0 Å². The van der Waals surface area contributed by atoms with Crippen molar-refractivity contribution in [3.63, 3.8) is 0 Å². The lowest BCUT2D eigenvalue weighted by Gasteiger charge is -2.07. The maximum absolute atomic E-state index is 10.3. The van der Waals surface area contributed by atoms with Crippen LogP contribution in [0.15, 0.2) is 50.2 Å². The second kappa shape index (κ2) is 8.04. The van der Waals surface area contributed by atoms with Crippen LogP contribution in [0.4, 0.5) is 0 Å². The Bertz CT molecular complexity index is 1060. The van der Waals surface area contributed by atoms with Crippen LogP contribution in [-0.2, 0) is 4.74 Å². The number of furan rings is 1. The topological polar surface area (TPSA) is 92.5 Å². The minimum absolute atomic E-state index is 0.000819. The Labute approximate surface area is 165 Å². The van der Waals surface area contributed by atoms with E-state index >= 15 is 0 Å². The fraction of sp³-hybridized carbons (Fsp3) is 0.300. The number of thiazole rings is 1. The Hall–Kier alpha value is -2.84. The highest BCUT2D eigenvalue weighted by atomic mass is 32.1. The van der Waals surface area contributed by atoms with Gasteiger partial charge in [-0.25, -0.2) is 4.68 Å². The lowest BCUT2D eigenvalue weighted by Crippen LogP contribution is -2.17. The monoisotopic (exact) mass is 399 g/mol. The highest BCUT2D eigenvalue weighted by molar-refractivity contribution is 7.07. The molecule has 8 heteroatoms. The minimum atomic E-state index is -0.0266. The van der Waals surface area contributed by atoms with Gasteiger partial charge in [-0.05, 0) is 44.0 Å². The molecule has 3 aromatic rings. The van der Waals surface area contributed by atoms with Crippen LogP contribution in [0.25, 0.3) is 11.3 Å². The van der Waals surface area contributed by atoms with Gasteiger partial charge in [0.1, 0.15) is 23.0 Å². The molecule has 3 heterocycles. The van der Waals surface area contributed by atoms with Crippen molar-refractivity contribution < 1.29 is 19.4 Å². The summed E-state index contributed by atoms with van der Waals surface area (Å²) < 4.78 is 12.9. The Morgan fingerprint density at radius 1 is 1.29 bits per heavy atom. The summed E-state index contributed by atoms with van der Waals surface area (Å²) >= 11 is 1.43. The molecule has 1 atom stereocenters. The Kier molecular flexibility index (Phi) is 5.31. The predicted molar refractivity (Wildman–Crippen MR) is 107 cm³/mol. The van der Waals surface area contributed by atoms with Crippen molar-refractivity contribution >= 4 is 17.6 Å². The zero-order valence-corrected chi connectivity index (χ0v) is 16.2. The van der Waals surface area contributed by atoms with Gasteiger partial charge in [0.05, 0.1) is 24.6 Å². The quantitative estimate of drug-likeness (QED) is 0.643. The molecule has 2 N–H and O–H groups in total. The predicted octanol–water partition coefficient (Wildman–Crippen LogP) is 3.49. The maximum atomic E-state index is 10.3. The number of aromatic hydroxyl groups is 2. The van der Waals surface area contributed by atoms with Gasteiger partial charge in [0, 0.05) is 23.6 Å². The molecule has 1 aromatic carbocycles. The SMILES string of the molecule is Cc1ccc(/C=N/n2c(-c3ccc(O)cc3O)csc2=NCC2CCCO2)o1. The molecular formula is C20H21N3O4S. The summed E-state index contributed by atoms with van der Waals surface area (Å²) in [4.78, 5) is 5.37. The summed E-state index contributed by atoms with van der Waals surface area (Å²) in [5, 5.41) is 26.3. The van der Waals surface area contributed by atoms with Gasteiger partial charge in [0.25, 0.3) is 0 Å². The molecule has 7 nitrogen and oxygen atoms in total. The second-order valence-electron chi connectivity index (χ2n) is 6.59. The zero-order valence-electron chi connectivity index (χ0n) is 15.4. The van der Waals surface area contributed by atoms with Crippen LogP contribution in [0, 0.1) is 6.92 Å². The van der Waals surface area contributed by atoms with Gasteiger partial charge in [0.2, 0.25) is 4.80 Å². The summed E-state index contributed by atoms with van der Waals surface area (Å²) in [7, 11) is 0. The molecule has 28 heavy (non-hydrogen) atoms. The van der Waals surface area contributed by atoms with Gasteiger partial charge in [-0.3, -0.25) is 4.99 Å². The van der Waals surface area contributed by atoms with Crippen molar-refractivity contribution in [3.05, 3.63) is 52.0 Å². The van der Waals surface area contributed by atoms with Crippen molar-refractivity contribution in [2.75, 3.05) is 13.2 Å². The van der Waals surface area contributed by atoms with Crippen molar-refractivity contribution in [1.29, 1.82) is 0 Å². The molecular weight excluding hydrogens is 378 g/mol. The van der Waals surface area contributed by atoms with Crippen molar-refractivity contribution in [2.24, 2.45) is 10.1 Å². The lowest BCUT2D eigenvalue weighted by atomic mass is 10.1. The van der Waals surface area contributed by atoms with Crippen LogP contribution in [-0.4, -0.2) is 40.4 Å². The van der Waals surface area contributed by atoms with E-state index in [-0.39, 0.29) is 17.6 Å². The third-order valence-corrected chi connectivity index (χ3v) is 5.31. The average molecular weight is 399 g/mol. The molecule has 0 bridgehead atoms. The molecule has 1 fully saturated rings. The van der Waals surface area contributed by atoms with Crippen LogP contribution in [0.2, 0.25) is 0 Å². The van der Waals surface area contributed by atoms with Crippen LogP contribution in [0.5, 0.6) is 11.5 Å². The van der Waals surface area contributed by atoms with E-state index in [9.17, 15) is 10.2 Å². The van der Waals surface area contributed by atoms with E-state index in [0.717, 1.165) is 25.2 Å². The molecule has 146 valence electrons. The van der Waals surface area contributed by atoms with Gasteiger partial charge >= 0.3 is 0 Å². The van der Waals surface area contributed by atoms with E-state index < -0.39 is 0 Å². The molecule has 1 unspecified atom stereocenters. The van der Waals surface area contributed by atoms with Gasteiger partial charge in [-0.2, -0.15) is 5.10 Å². The highest BCUT2D eigenvalue weighted by Gasteiger charge is 2.16. The molecule has 0 amide bonds. The molecule has 4 rings (SSSR count). The number of benzene rings is 1. The zero-order chi connectivity index (χ0) is 19.5. The number of ether oxygens (including phenoxy) is 1. The normalized spacial score (nSPS) is 17.8. The van der Waals surface area contributed by atoms with E-state index in [4.69, 9.17) is 9.15 Å². The molecule has 1 saturated heterocycles. The van der Waals surface area contributed by atoms with Crippen LogP contribution >= 0.6 is 11.3 Å². The number of hydrogen-bond acceptors (Lipinski definition) is 7. The number of rotatable bonds is 5. The first-order valence-electron chi connectivity index (χ1n) is 9.06. The number of aromatic nitrogens is 1. The largest absolute Gasteiger partial charge is 0.508 e. The van der Waals surface area contributed by atoms with E-state index in [0.29, 0.717) is 28.4 Å². The number of nitrogens with zero attached hydrogens (tertiary/aromatic N) is 3. The first kappa shape index (κ1) is 18.5. The molecule has 0 aliphatic carbocycles. The molecule has 0 spiro atoms. The number of phenols is 2. The Morgan fingerprint density at radius 2 is 2.18 bits per heavy atom. The van der Waals surface area contributed by atoms with Crippen molar-refractivity contribution in [3.8, 4) is 22.8 Å². The Morgan fingerprint density at radius 3 is 2.89 bits per heavy atom. The highest BCUT2D eigenvalue weighted by Crippen LogP contribution is 2.32.